The van der Waals surface area contributed by atoms with Crippen molar-refractivity contribution in [2.75, 3.05) is 22.6 Å². The molecule has 8 heteroatoms. The van der Waals surface area contributed by atoms with Gasteiger partial charge in [0.05, 0.1) is 11.4 Å². The highest BCUT2D eigenvalue weighted by molar-refractivity contribution is 7.86. The molecule has 1 atom stereocenters. The largest absolute Gasteiger partial charge is 0.397 e. The van der Waals surface area contributed by atoms with E-state index in [-0.39, 0.29) is 22.9 Å². The fourth-order valence-corrected chi connectivity index (χ4v) is 1.97. The van der Waals surface area contributed by atoms with E-state index in [4.69, 9.17) is 11.5 Å². The molecule has 0 aliphatic carbocycles. The molecule has 1 unspecified atom stereocenters. The summed E-state index contributed by atoms with van der Waals surface area (Å²) in [4.78, 5) is 21.9. The van der Waals surface area contributed by atoms with Gasteiger partial charge in [0.2, 0.25) is 11.8 Å². The maximum atomic E-state index is 12.7. The predicted octanol–water partition coefficient (Wildman–Crippen LogP) is -0.420. The molecule has 0 saturated carbocycles. The Balaban J connectivity index is 2.59. The Labute approximate surface area is 105 Å². The number of nitrogens with two attached hydrogens (primary N) is 2. The van der Waals surface area contributed by atoms with Crippen LogP contribution in [0.25, 0.3) is 0 Å². The first kappa shape index (κ1) is 14.1. The first-order valence-corrected chi connectivity index (χ1v) is 6.35. The fourth-order valence-electron chi connectivity index (χ4n) is 1.19. The first-order chi connectivity index (χ1) is 8.38. The number of anilines is 2. The number of benzene rings is 1. The van der Waals surface area contributed by atoms with Crippen LogP contribution in [0, 0.1) is 5.82 Å². The average Bonchev–Trinajstić information content (AvgIpc) is 2.20. The third-order valence-corrected chi connectivity index (χ3v) is 3.07. The quantitative estimate of drug-likeness (QED) is 0.632. The van der Waals surface area contributed by atoms with E-state index in [1.807, 2.05) is 0 Å². The van der Waals surface area contributed by atoms with Gasteiger partial charge in [-0.1, -0.05) is 0 Å². The molecule has 0 heterocycles. The van der Waals surface area contributed by atoms with Gasteiger partial charge in [0.25, 0.3) is 0 Å². The standard InChI is InChI=1S/C10H12FN3O3S/c11-6-1-2-8(7(12)3-6)14-10(16)5-18(17)4-9(13)15/h1-3H,4-5,12H2,(H2,13,15)(H,14,16). The van der Waals surface area contributed by atoms with Gasteiger partial charge in [-0.2, -0.15) is 0 Å². The number of hydrogen-bond acceptors (Lipinski definition) is 4. The second kappa shape index (κ2) is 6.10. The van der Waals surface area contributed by atoms with Crippen LogP contribution in [-0.2, 0) is 20.4 Å². The van der Waals surface area contributed by atoms with E-state index >= 15 is 0 Å². The topological polar surface area (TPSA) is 115 Å². The Kier molecular flexibility index (Phi) is 4.78. The average molecular weight is 273 g/mol. The van der Waals surface area contributed by atoms with Crippen molar-refractivity contribution in [3.8, 4) is 0 Å². The lowest BCUT2D eigenvalue weighted by molar-refractivity contribution is -0.115. The van der Waals surface area contributed by atoms with Crippen molar-refractivity contribution >= 4 is 34.0 Å². The lowest BCUT2D eigenvalue weighted by atomic mass is 10.2. The summed E-state index contributed by atoms with van der Waals surface area (Å²) in [5.74, 6) is -2.62. The first-order valence-electron chi connectivity index (χ1n) is 4.86. The monoisotopic (exact) mass is 273 g/mol. The number of halogens is 1. The van der Waals surface area contributed by atoms with Gasteiger partial charge < -0.3 is 16.8 Å². The van der Waals surface area contributed by atoms with E-state index in [1.54, 1.807) is 0 Å². The number of rotatable bonds is 5. The smallest absolute Gasteiger partial charge is 0.237 e. The highest BCUT2D eigenvalue weighted by atomic mass is 32.2. The molecule has 1 rings (SSSR count). The molecule has 98 valence electrons. The van der Waals surface area contributed by atoms with E-state index in [0.29, 0.717) is 0 Å². The lowest BCUT2D eigenvalue weighted by Crippen LogP contribution is -2.26. The van der Waals surface area contributed by atoms with Crippen molar-refractivity contribution in [1.82, 2.24) is 0 Å². The summed E-state index contributed by atoms with van der Waals surface area (Å²) in [6, 6.07) is 3.47. The van der Waals surface area contributed by atoms with Crippen LogP contribution < -0.4 is 16.8 Å². The highest BCUT2D eigenvalue weighted by Gasteiger charge is 2.12. The molecule has 0 aliphatic rings. The summed E-state index contributed by atoms with van der Waals surface area (Å²) in [6.07, 6.45) is 0. The summed E-state index contributed by atoms with van der Waals surface area (Å²) in [5, 5.41) is 2.37. The number of carbonyl (C=O) groups excluding carboxylic acids is 2. The molecule has 2 amide bonds. The molecule has 5 N–H and O–H groups in total. The van der Waals surface area contributed by atoms with Crippen molar-refractivity contribution in [3.05, 3.63) is 24.0 Å². The molecule has 0 spiro atoms. The lowest BCUT2D eigenvalue weighted by Gasteiger charge is -2.07. The van der Waals surface area contributed by atoms with Gasteiger partial charge in [-0.3, -0.25) is 13.8 Å². The van der Waals surface area contributed by atoms with Gasteiger partial charge in [0.1, 0.15) is 17.3 Å². The molecular formula is C10H12FN3O3S. The molecule has 0 saturated heterocycles. The van der Waals surface area contributed by atoms with Crippen molar-refractivity contribution in [3.63, 3.8) is 0 Å². The van der Waals surface area contributed by atoms with Gasteiger partial charge in [-0.05, 0) is 18.2 Å². The summed E-state index contributed by atoms with van der Waals surface area (Å²) < 4.78 is 24.0. The normalized spacial score (nSPS) is 11.8. The molecule has 0 radical (unpaired) electrons. The van der Waals surface area contributed by atoms with E-state index < -0.39 is 28.4 Å². The van der Waals surface area contributed by atoms with E-state index in [2.05, 4.69) is 5.32 Å². The molecule has 0 fully saturated rings. The molecule has 1 aromatic carbocycles. The minimum absolute atomic E-state index is 0.0593. The minimum Gasteiger partial charge on any atom is -0.397 e. The number of hydrogen-bond donors (Lipinski definition) is 3. The Morgan fingerprint density at radius 2 is 2.00 bits per heavy atom. The number of primary amides is 1. The Hall–Kier alpha value is -1.96. The summed E-state index contributed by atoms with van der Waals surface area (Å²) >= 11 is 0. The highest BCUT2D eigenvalue weighted by Crippen LogP contribution is 2.18. The number of carbonyl (C=O) groups is 2. The Morgan fingerprint density at radius 3 is 2.56 bits per heavy atom. The molecule has 1 aromatic rings. The van der Waals surface area contributed by atoms with Gasteiger partial charge >= 0.3 is 0 Å². The zero-order valence-corrected chi connectivity index (χ0v) is 10.1. The van der Waals surface area contributed by atoms with Crippen molar-refractivity contribution in [2.45, 2.75) is 0 Å². The summed E-state index contributed by atoms with van der Waals surface area (Å²) in [6.45, 7) is 0. The van der Waals surface area contributed by atoms with Crippen LogP contribution in [0.1, 0.15) is 0 Å². The SMILES string of the molecule is NC(=O)CS(=O)CC(=O)Nc1ccc(F)cc1N. The second-order valence-electron chi connectivity index (χ2n) is 3.47. The molecule has 0 aromatic heterocycles. The predicted molar refractivity (Wildman–Crippen MR) is 66.5 cm³/mol. The minimum atomic E-state index is -1.67. The van der Waals surface area contributed by atoms with Gasteiger partial charge in [-0.25, -0.2) is 4.39 Å². The Morgan fingerprint density at radius 1 is 1.33 bits per heavy atom. The van der Waals surface area contributed by atoms with Crippen LogP contribution in [0.3, 0.4) is 0 Å². The summed E-state index contributed by atoms with van der Waals surface area (Å²) in [5.41, 5.74) is 10.6. The van der Waals surface area contributed by atoms with Crippen molar-refractivity contribution in [2.24, 2.45) is 5.73 Å². The van der Waals surface area contributed by atoms with Gasteiger partial charge in [0.15, 0.2) is 0 Å². The van der Waals surface area contributed by atoms with Crippen LogP contribution in [0.15, 0.2) is 18.2 Å². The molecule has 0 bridgehead atoms. The number of amides is 2. The van der Waals surface area contributed by atoms with E-state index in [1.165, 1.54) is 6.07 Å². The van der Waals surface area contributed by atoms with Gasteiger partial charge in [0, 0.05) is 10.8 Å². The fraction of sp³-hybridized carbons (Fsp3) is 0.200. The molecule has 6 nitrogen and oxygen atoms in total. The maximum Gasteiger partial charge on any atom is 0.237 e. The molecular weight excluding hydrogens is 261 g/mol. The third kappa shape index (κ3) is 4.50. The second-order valence-corrected chi connectivity index (χ2v) is 4.93. The van der Waals surface area contributed by atoms with Crippen LogP contribution in [0.5, 0.6) is 0 Å². The Bertz CT molecular complexity index is 507. The molecule has 0 aliphatic heterocycles. The van der Waals surface area contributed by atoms with Crippen LogP contribution in [0.4, 0.5) is 15.8 Å². The number of nitrogens with one attached hydrogen (secondary N) is 1. The van der Waals surface area contributed by atoms with E-state index in [9.17, 15) is 18.2 Å². The zero-order valence-electron chi connectivity index (χ0n) is 9.31. The van der Waals surface area contributed by atoms with Gasteiger partial charge in [-0.15, -0.1) is 0 Å². The van der Waals surface area contributed by atoms with Crippen LogP contribution >= 0.6 is 0 Å². The van der Waals surface area contributed by atoms with Crippen LogP contribution in [0.2, 0.25) is 0 Å². The van der Waals surface area contributed by atoms with E-state index in [0.717, 1.165) is 12.1 Å². The van der Waals surface area contributed by atoms with Crippen molar-refractivity contribution in [1.29, 1.82) is 0 Å². The summed E-state index contributed by atoms with van der Waals surface area (Å²) in [7, 11) is -1.67. The van der Waals surface area contributed by atoms with Crippen molar-refractivity contribution < 1.29 is 18.2 Å². The van der Waals surface area contributed by atoms with Crippen LogP contribution in [-0.4, -0.2) is 27.5 Å². The maximum absolute atomic E-state index is 12.7. The zero-order chi connectivity index (χ0) is 13.7. The third-order valence-electron chi connectivity index (χ3n) is 1.88. The molecule has 18 heavy (non-hydrogen) atoms. The number of nitrogen functional groups attached to an aromatic ring is 1.